The molecule has 0 amide bonds. The van der Waals surface area contributed by atoms with Crippen LogP contribution in [-0.2, 0) is 14.4 Å². The first-order valence-corrected chi connectivity index (χ1v) is 20.9. The molecule has 5 heterocycles. The van der Waals surface area contributed by atoms with Gasteiger partial charge in [-0.15, -0.1) is 12.4 Å². The molecule has 13 nitrogen and oxygen atoms in total. The minimum absolute atomic E-state index is 0. The largest absolute Gasteiger partial charge is 0.340 e. The Balaban J connectivity index is 0.000000174. The molecule has 0 spiro atoms. The monoisotopic (exact) mass is 846 g/mol. The van der Waals surface area contributed by atoms with E-state index in [0.717, 1.165) is 70.4 Å². The van der Waals surface area contributed by atoms with Gasteiger partial charge in [0.05, 0.1) is 18.7 Å². The van der Waals surface area contributed by atoms with Gasteiger partial charge in [-0.05, 0) is 66.5 Å². The average molecular weight is 848 g/mol. The molecule has 0 unspecified atom stereocenters. The summed E-state index contributed by atoms with van der Waals surface area (Å²) in [6, 6.07) is 5.66. The van der Waals surface area contributed by atoms with Gasteiger partial charge in [-0.25, -0.2) is 29.6 Å². The molecule has 14 heteroatoms. The smallest absolute Gasteiger partial charge is 0.226 e. The van der Waals surface area contributed by atoms with Crippen molar-refractivity contribution in [2.75, 3.05) is 49.1 Å². The zero-order valence-corrected chi connectivity index (χ0v) is 37.8. The van der Waals surface area contributed by atoms with Crippen molar-refractivity contribution in [2.24, 2.45) is 50.2 Å². The lowest BCUT2D eigenvalue weighted by Crippen LogP contribution is -2.56. The van der Waals surface area contributed by atoms with Crippen molar-refractivity contribution in [3.05, 3.63) is 94.9 Å². The van der Waals surface area contributed by atoms with Gasteiger partial charge in [-0.1, -0.05) is 80.5 Å². The van der Waals surface area contributed by atoms with Crippen LogP contribution in [0, 0.1) is 74.7 Å². The van der Waals surface area contributed by atoms with Gasteiger partial charge < -0.3 is 24.7 Å². The SMILES string of the molecule is CC1(C)C(=O)C(C#N)=C[C@]2(C)CNCC[C@@H]12.Cl.[C-]#[N+]C1=C[C@@]2(C)CN(c3ncccn3)CC[C@@H]2C(C)(C)C1=O.[C-]#[N+]C1=C[C@]2(C)CN(c3ncccn3)CC[C@H]2C(C)(C)C1=O. The number of carbonyl (C=O) groups is 3. The van der Waals surface area contributed by atoms with Crippen molar-refractivity contribution in [3.8, 4) is 6.07 Å². The molecule has 3 saturated heterocycles. The van der Waals surface area contributed by atoms with E-state index in [1.165, 1.54) is 0 Å². The number of hydrogen-bond acceptors (Lipinski definition) is 11. The fourth-order valence-electron chi connectivity index (χ4n) is 11.6. The first-order chi connectivity index (χ1) is 28.2. The summed E-state index contributed by atoms with van der Waals surface area (Å²) >= 11 is 0. The predicted molar refractivity (Wildman–Crippen MR) is 237 cm³/mol. The molecule has 3 aliphatic heterocycles. The number of aromatic nitrogens is 4. The van der Waals surface area contributed by atoms with Crippen LogP contribution in [0.3, 0.4) is 0 Å². The number of ketones is 3. The van der Waals surface area contributed by atoms with Crippen molar-refractivity contribution in [2.45, 2.75) is 81.6 Å². The highest BCUT2D eigenvalue weighted by molar-refractivity contribution is 6.04. The molecular weight excluding hydrogens is 788 g/mol. The highest BCUT2D eigenvalue weighted by atomic mass is 35.5. The Labute approximate surface area is 367 Å². The normalized spacial score (nSPS) is 31.6. The molecule has 2 aromatic rings. The van der Waals surface area contributed by atoms with Crippen LogP contribution < -0.4 is 15.1 Å². The van der Waals surface area contributed by atoms with E-state index in [9.17, 15) is 14.4 Å². The number of nitriles is 1. The number of anilines is 2. The molecular formula is C47H59ClN10O3. The molecule has 322 valence electrons. The zero-order chi connectivity index (χ0) is 43.9. The number of nitrogens with one attached hydrogen (secondary N) is 1. The first kappa shape index (κ1) is 46.8. The fraction of sp³-hybridized carbons (Fsp3) is 0.574. The fourth-order valence-corrected chi connectivity index (χ4v) is 11.6. The van der Waals surface area contributed by atoms with Crippen LogP contribution in [0.15, 0.2) is 72.1 Å². The lowest BCUT2D eigenvalue weighted by Gasteiger charge is -2.53. The summed E-state index contributed by atoms with van der Waals surface area (Å²) in [5, 5.41) is 12.4. The van der Waals surface area contributed by atoms with E-state index in [0.29, 0.717) is 11.5 Å². The van der Waals surface area contributed by atoms with E-state index < -0.39 is 16.2 Å². The van der Waals surface area contributed by atoms with Crippen molar-refractivity contribution in [1.82, 2.24) is 25.3 Å². The second kappa shape index (κ2) is 17.2. The molecule has 0 aromatic carbocycles. The number of halogens is 1. The lowest BCUT2D eigenvalue weighted by molar-refractivity contribution is -0.130. The van der Waals surface area contributed by atoms with Gasteiger partial charge in [0.25, 0.3) is 0 Å². The molecule has 1 N–H and O–H groups in total. The number of rotatable bonds is 2. The van der Waals surface area contributed by atoms with Gasteiger partial charge in [0.2, 0.25) is 23.3 Å². The van der Waals surface area contributed by atoms with Crippen LogP contribution in [0.2, 0.25) is 0 Å². The van der Waals surface area contributed by atoms with E-state index in [1.54, 1.807) is 36.9 Å². The topological polar surface area (TPSA) is 154 Å². The van der Waals surface area contributed by atoms with Crippen molar-refractivity contribution in [3.63, 3.8) is 0 Å². The minimum Gasteiger partial charge on any atom is -0.340 e. The van der Waals surface area contributed by atoms with Crippen molar-refractivity contribution in [1.29, 1.82) is 5.26 Å². The number of piperidine rings is 3. The number of nitrogens with zero attached hydrogens (tertiary/aromatic N) is 9. The van der Waals surface area contributed by atoms with Gasteiger partial charge in [-0.2, -0.15) is 5.26 Å². The van der Waals surface area contributed by atoms with E-state index in [2.05, 4.69) is 71.6 Å². The summed E-state index contributed by atoms with van der Waals surface area (Å²) in [5.41, 5.74) is -0.979. The van der Waals surface area contributed by atoms with Gasteiger partial charge >= 0.3 is 0 Å². The number of fused-ring (bicyclic) bond motifs is 3. The molecule has 3 aliphatic carbocycles. The molecule has 3 fully saturated rings. The van der Waals surface area contributed by atoms with Crippen LogP contribution in [0.4, 0.5) is 11.9 Å². The third kappa shape index (κ3) is 8.50. The summed E-state index contributed by atoms with van der Waals surface area (Å²) in [6.45, 7) is 37.9. The van der Waals surface area contributed by atoms with Crippen LogP contribution in [0.25, 0.3) is 9.69 Å². The number of Topliss-reactive ketones (excluding diaryl/α,β-unsaturated/α-hetero) is 3. The zero-order valence-electron chi connectivity index (χ0n) is 37.0. The summed E-state index contributed by atoms with van der Waals surface area (Å²) in [7, 11) is 0. The molecule has 0 radical (unpaired) electrons. The Bertz CT molecular complexity index is 2130. The third-order valence-electron chi connectivity index (χ3n) is 14.5. The molecule has 0 bridgehead atoms. The first-order valence-electron chi connectivity index (χ1n) is 20.9. The van der Waals surface area contributed by atoms with Crippen LogP contribution in [0.5, 0.6) is 0 Å². The Kier molecular flexibility index (Phi) is 13.2. The van der Waals surface area contributed by atoms with E-state index in [4.69, 9.17) is 18.4 Å². The van der Waals surface area contributed by atoms with Crippen molar-refractivity contribution >= 4 is 41.7 Å². The van der Waals surface area contributed by atoms with Gasteiger partial charge in [0.1, 0.15) is 6.07 Å². The van der Waals surface area contributed by atoms with E-state index in [-0.39, 0.29) is 69.2 Å². The number of carbonyl (C=O) groups excluding carboxylic acids is 3. The van der Waals surface area contributed by atoms with Crippen LogP contribution >= 0.6 is 12.4 Å². The highest BCUT2D eigenvalue weighted by Crippen LogP contribution is 2.54. The van der Waals surface area contributed by atoms with Gasteiger partial charge in [0.15, 0.2) is 17.3 Å². The van der Waals surface area contributed by atoms with Gasteiger partial charge in [-0.3, -0.25) is 4.79 Å². The predicted octanol–water partition coefficient (Wildman–Crippen LogP) is 7.53. The second-order valence-electron chi connectivity index (χ2n) is 19.8. The minimum atomic E-state index is -0.493. The highest BCUT2D eigenvalue weighted by Gasteiger charge is 2.55. The summed E-state index contributed by atoms with van der Waals surface area (Å²) in [4.78, 5) is 65.7. The van der Waals surface area contributed by atoms with Crippen LogP contribution in [0.1, 0.15) is 81.6 Å². The molecule has 8 rings (SSSR count). The van der Waals surface area contributed by atoms with E-state index >= 15 is 0 Å². The standard InChI is InChI=1S/2C17H20N4O.C13H18N2O.ClH/c2*1-16(2)13-6-9-21(15-19-7-5-8-20-15)11-17(13,3)10-12(18-4)14(16)22;1-12(2)10-4-5-15-8-13(10,3)6-9(7-14)11(12)16;/h2*5,7-8,10,13H,6,9,11H2,1-3H3;6,10,15H,4-5,8H2,1-3H3;1H/t2*13-,17+;10-,13+;/m100./s1. The Morgan fingerprint density at radius 3 is 1.43 bits per heavy atom. The van der Waals surface area contributed by atoms with E-state index in [1.807, 2.05) is 59.8 Å². The Morgan fingerprint density at radius 2 is 1.03 bits per heavy atom. The number of allylic oxidation sites excluding steroid dienone is 3. The van der Waals surface area contributed by atoms with Crippen LogP contribution in [-0.4, -0.2) is 76.6 Å². The van der Waals surface area contributed by atoms with Gasteiger partial charge in [0, 0.05) is 79.2 Å². The Morgan fingerprint density at radius 1 is 0.639 bits per heavy atom. The third-order valence-corrected chi connectivity index (χ3v) is 14.5. The maximum Gasteiger partial charge on any atom is 0.226 e. The summed E-state index contributed by atoms with van der Waals surface area (Å²) in [6.07, 6.45) is 15.4. The van der Waals surface area contributed by atoms with Crippen molar-refractivity contribution < 1.29 is 14.4 Å². The summed E-state index contributed by atoms with van der Waals surface area (Å²) in [5.74, 6) is 2.22. The average Bonchev–Trinajstić information content (AvgIpc) is 3.23. The maximum atomic E-state index is 12.5. The molecule has 61 heavy (non-hydrogen) atoms. The molecule has 2 aromatic heterocycles. The number of hydrogen-bond donors (Lipinski definition) is 1. The molecule has 0 saturated carbocycles. The quantitative estimate of drug-likeness (QED) is 0.299. The molecule has 6 atom stereocenters. The Hall–Kier alpha value is -5.29. The summed E-state index contributed by atoms with van der Waals surface area (Å²) < 4.78 is 0. The second-order valence-corrected chi connectivity index (χ2v) is 19.8. The molecule has 6 aliphatic rings. The maximum absolute atomic E-state index is 12.5. The lowest BCUT2D eigenvalue weighted by atomic mass is 9.55.